The van der Waals surface area contributed by atoms with E-state index >= 15 is 0 Å². The summed E-state index contributed by atoms with van der Waals surface area (Å²) < 4.78 is 58.3. The van der Waals surface area contributed by atoms with Gasteiger partial charge < -0.3 is 48.5 Å². The van der Waals surface area contributed by atoms with E-state index in [0.29, 0.717) is 32.9 Å². The molecule has 0 aliphatic carbocycles. The van der Waals surface area contributed by atoms with E-state index in [4.69, 9.17) is 37.9 Å². The summed E-state index contributed by atoms with van der Waals surface area (Å²) in [6.45, 7) is 20.0. The molecule has 2 N–H and O–H groups in total. The molecular weight excluding hydrogens is 864 g/mol. The van der Waals surface area contributed by atoms with Crippen LogP contribution in [0.4, 0.5) is 23.6 Å². The fourth-order valence-corrected chi connectivity index (χ4v) is 6.24. The molecule has 2 aromatic carbocycles. The van der Waals surface area contributed by atoms with Gasteiger partial charge in [-0.05, 0) is 131 Å². The first-order valence-electron chi connectivity index (χ1n) is 21.5. The number of carbonyl (C=O) groups excluding carboxylic acids is 6. The van der Waals surface area contributed by atoms with Crippen LogP contribution >= 0.6 is 0 Å². The number of benzene rings is 2. The predicted octanol–water partition coefficient (Wildman–Crippen LogP) is 8.18. The maximum absolute atomic E-state index is 14.2. The fraction of sp³-hybridized carbons (Fsp3) is 0.532. The van der Waals surface area contributed by atoms with Crippen molar-refractivity contribution in [2.24, 2.45) is 0 Å². The van der Waals surface area contributed by atoms with E-state index in [9.17, 15) is 33.2 Å². The number of carbonyl (C=O) groups is 6. The molecule has 362 valence electrons. The highest BCUT2D eigenvalue weighted by atomic mass is 19.1. The average molecular weight is 927 g/mol. The number of halogens is 1. The highest BCUT2D eigenvalue weighted by Crippen LogP contribution is 2.31. The molecule has 1 atom stereocenters. The second-order valence-electron chi connectivity index (χ2n) is 19.2. The van der Waals surface area contributed by atoms with Crippen LogP contribution in [0.3, 0.4) is 0 Å². The zero-order valence-electron chi connectivity index (χ0n) is 39.8. The topological polar surface area (TPSA) is 210 Å². The van der Waals surface area contributed by atoms with E-state index in [1.165, 1.54) is 51.9 Å². The Kier molecular flexibility index (Phi) is 17.4. The number of ether oxygens (including phenoxy) is 8. The summed E-state index contributed by atoms with van der Waals surface area (Å²) in [7, 11) is 0. The minimum absolute atomic E-state index is 0.0195. The molecule has 19 heteroatoms. The highest BCUT2D eigenvalue weighted by Gasteiger charge is 2.29. The molecule has 0 bridgehead atoms. The van der Waals surface area contributed by atoms with Gasteiger partial charge in [0.05, 0.1) is 43.9 Å². The smallest absolute Gasteiger partial charge is 0.443 e. The van der Waals surface area contributed by atoms with Gasteiger partial charge in [-0.2, -0.15) is 0 Å². The molecule has 4 aromatic rings. The summed E-state index contributed by atoms with van der Waals surface area (Å²) >= 11 is 0. The summed E-state index contributed by atoms with van der Waals surface area (Å²) in [4.78, 5) is 80.4. The Balaban J connectivity index is 1.73. The van der Waals surface area contributed by atoms with Gasteiger partial charge in [0.25, 0.3) is 0 Å². The second-order valence-corrected chi connectivity index (χ2v) is 19.2. The van der Waals surface area contributed by atoms with Crippen molar-refractivity contribution < 1.29 is 71.1 Å². The van der Waals surface area contributed by atoms with Gasteiger partial charge in [-0.3, -0.25) is 18.7 Å². The van der Waals surface area contributed by atoms with E-state index in [1.807, 2.05) is 0 Å². The number of nitrogens with one attached hydrogen (secondary N) is 2. The van der Waals surface area contributed by atoms with Gasteiger partial charge in [0.1, 0.15) is 46.6 Å². The maximum Gasteiger partial charge on any atom is 0.514 e. The summed E-state index contributed by atoms with van der Waals surface area (Å²) in [5, 5.41) is 6.33. The summed E-state index contributed by atoms with van der Waals surface area (Å²) in [6.07, 6.45) is -1.05. The number of rotatable bonds is 16. The van der Waals surface area contributed by atoms with E-state index in [0.717, 1.165) is 0 Å². The van der Waals surface area contributed by atoms with E-state index in [1.54, 1.807) is 89.2 Å². The first-order chi connectivity index (χ1) is 30.6. The van der Waals surface area contributed by atoms with Crippen LogP contribution in [-0.4, -0.2) is 114 Å². The van der Waals surface area contributed by atoms with Crippen molar-refractivity contribution in [1.82, 2.24) is 19.8 Å². The van der Waals surface area contributed by atoms with Crippen LogP contribution in [0.1, 0.15) is 94.2 Å². The van der Waals surface area contributed by atoms with Gasteiger partial charge in [0, 0.05) is 36.1 Å². The molecule has 1 unspecified atom stereocenters. The third-order valence-corrected chi connectivity index (χ3v) is 8.64. The number of hydrogen-bond donors (Lipinski definition) is 2. The molecule has 0 fully saturated rings. The zero-order valence-corrected chi connectivity index (χ0v) is 39.8. The SMILES string of the molecule is CC(C)(C)OC(=O)Oc1ccc2c(c1)c(CC(=O)NC(Cc1cn(C(=O)OC(C)(C)C)c3ccc(OC(=O)OC(C)(C)C)cc13)C(=O)NCCOCCOCCF)cn2C(=O)OC(C)(C)C. The van der Waals surface area contributed by atoms with Crippen molar-refractivity contribution >= 4 is 58.1 Å². The van der Waals surface area contributed by atoms with Crippen molar-refractivity contribution in [3.63, 3.8) is 0 Å². The molecule has 4 rings (SSSR count). The standard InChI is InChI=1S/C47H63FN4O14/c1-44(2,3)63-40(55)51-27-29(33-25-31(13-15-36(33)51)61-42(57)65-46(7,8)9)23-35(39(54)49-18-20-60-22-21-59-19-17-48)50-38(53)24-30-28-52(41(56)64-45(4,5)6)37-16-14-32(26-34(30)37)62-43(58)66-47(10,11)12/h13-16,25-28,35H,17-24H2,1-12H3,(H,49,54)(H,50,53). The second kappa shape index (κ2) is 21.9. The molecular formula is C47H63FN4O14. The van der Waals surface area contributed by atoms with Crippen LogP contribution in [0.5, 0.6) is 11.5 Å². The number of aromatic nitrogens is 2. The minimum Gasteiger partial charge on any atom is -0.443 e. The first-order valence-corrected chi connectivity index (χ1v) is 21.5. The third-order valence-electron chi connectivity index (χ3n) is 8.64. The molecule has 0 aliphatic rings. The monoisotopic (exact) mass is 926 g/mol. The molecule has 18 nitrogen and oxygen atoms in total. The van der Waals surface area contributed by atoms with Gasteiger partial charge in [-0.25, -0.2) is 23.6 Å². The molecule has 0 saturated heterocycles. The van der Waals surface area contributed by atoms with Crippen LogP contribution in [0.15, 0.2) is 48.8 Å². The lowest BCUT2D eigenvalue weighted by Gasteiger charge is -2.20. The third kappa shape index (κ3) is 16.7. The predicted molar refractivity (Wildman–Crippen MR) is 241 cm³/mol. The van der Waals surface area contributed by atoms with Gasteiger partial charge >= 0.3 is 24.5 Å². The molecule has 0 spiro atoms. The molecule has 0 aliphatic heterocycles. The van der Waals surface area contributed by atoms with E-state index < -0.39 is 71.4 Å². The molecule has 0 saturated carbocycles. The Hall–Kier alpha value is -6.21. The Morgan fingerprint density at radius 3 is 1.48 bits per heavy atom. The van der Waals surface area contributed by atoms with Crippen molar-refractivity contribution in [1.29, 1.82) is 0 Å². The van der Waals surface area contributed by atoms with Crippen LogP contribution in [0.2, 0.25) is 0 Å². The Bertz CT molecular complexity index is 2380. The van der Waals surface area contributed by atoms with Crippen molar-refractivity contribution in [2.75, 3.05) is 39.6 Å². The van der Waals surface area contributed by atoms with Gasteiger partial charge in [-0.15, -0.1) is 0 Å². The normalized spacial score (nSPS) is 12.6. The van der Waals surface area contributed by atoms with Crippen molar-refractivity contribution in [3.8, 4) is 11.5 Å². The lowest BCUT2D eigenvalue weighted by Crippen LogP contribution is -2.49. The van der Waals surface area contributed by atoms with Crippen LogP contribution in [0.25, 0.3) is 21.8 Å². The van der Waals surface area contributed by atoms with Gasteiger partial charge in [0.15, 0.2) is 0 Å². The van der Waals surface area contributed by atoms with Crippen molar-refractivity contribution in [3.05, 3.63) is 59.9 Å². The first kappa shape index (κ1) is 52.4. The summed E-state index contributed by atoms with van der Waals surface area (Å²) in [6, 6.07) is 7.73. The highest BCUT2D eigenvalue weighted by molar-refractivity contribution is 5.97. The van der Waals surface area contributed by atoms with Gasteiger partial charge in [-0.1, -0.05) is 0 Å². The average Bonchev–Trinajstić information content (AvgIpc) is 3.70. The molecule has 2 amide bonds. The van der Waals surface area contributed by atoms with E-state index in [2.05, 4.69) is 10.6 Å². The van der Waals surface area contributed by atoms with Crippen LogP contribution in [-0.2, 0) is 50.9 Å². The number of fused-ring (bicyclic) bond motifs is 2. The number of nitrogens with zero attached hydrogens (tertiary/aromatic N) is 2. The summed E-state index contributed by atoms with van der Waals surface area (Å²) in [5.74, 6) is -1.12. The van der Waals surface area contributed by atoms with Crippen LogP contribution in [0, 0.1) is 0 Å². The lowest BCUT2D eigenvalue weighted by atomic mass is 10.0. The number of alkyl halides is 1. The van der Waals surface area contributed by atoms with Crippen molar-refractivity contribution in [2.45, 2.75) is 124 Å². The zero-order chi connectivity index (χ0) is 49.2. The Labute approximate surface area is 383 Å². The largest absolute Gasteiger partial charge is 0.514 e. The fourth-order valence-electron chi connectivity index (χ4n) is 6.24. The summed E-state index contributed by atoms with van der Waals surface area (Å²) in [5.41, 5.74) is -2.03. The molecule has 2 heterocycles. The number of hydrogen-bond acceptors (Lipinski definition) is 14. The quantitative estimate of drug-likeness (QED) is 0.0470. The number of amides is 2. The lowest BCUT2D eigenvalue weighted by molar-refractivity contribution is -0.128. The molecule has 0 radical (unpaired) electrons. The van der Waals surface area contributed by atoms with Gasteiger partial charge in [0.2, 0.25) is 11.8 Å². The Morgan fingerprint density at radius 2 is 1.03 bits per heavy atom. The van der Waals surface area contributed by atoms with E-state index in [-0.39, 0.29) is 57.3 Å². The molecule has 2 aromatic heterocycles. The Morgan fingerprint density at radius 1 is 0.591 bits per heavy atom. The van der Waals surface area contributed by atoms with Crippen LogP contribution < -0.4 is 20.1 Å². The molecule has 66 heavy (non-hydrogen) atoms. The minimum atomic E-state index is -1.29. The maximum atomic E-state index is 14.2.